The fraction of sp³-hybridized carbons (Fsp3) is 0.800. The molecular formula is C20H42O5. The molecular weight excluding hydrogens is 320 g/mol. The third kappa shape index (κ3) is 129. The molecule has 0 aromatic heterocycles. The predicted octanol–water partition coefficient (Wildman–Crippen LogP) is 4.72. The fourth-order valence-electron chi connectivity index (χ4n) is 0.630. The molecule has 0 rings (SSSR count). The molecule has 0 aliphatic heterocycles. The summed E-state index contributed by atoms with van der Waals surface area (Å²) in [6.07, 6.45) is 12.5. The van der Waals surface area contributed by atoms with Crippen LogP contribution in [0.3, 0.4) is 0 Å². The lowest BCUT2D eigenvalue weighted by atomic mass is 10.4. The van der Waals surface area contributed by atoms with Crippen molar-refractivity contribution in [2.24, 2.45) is 0 Å². The maximum absolute atomic E-state index is 9.40. The molecule has 1 N–H and O–H groups in total. The van der Waals surface area contributed by atoms with Crippen molar-refractivity contribution in [2.75, 3.05) is 6.61 Å². The lowest BCUT2D eigenvalue weighted by molar-refractivity contribution is -0.108. The molecule has 0 saturated carbocycles. The second-order valence-corrected chi connectivity index (χ2v) is 4.90. The van der Waals surface area contributed by atoms with Crippen molar-refractivity contribution >= 4 is 25.1 Å². The summed E-state index contributed by atoms with van der Waals surface area (Å²) in [5.74, 6) is 0. The number of aldehydes is 4. The number of aliphatic hydroxyl groups excluding tert-OH is 1. The number of unbranched alkanes of at least 4 members (excludes halogenated alkanes) is 5. The van der Waals surface area contributed by atoms with Crippen molar-refractivity contribution in [3.8, 4) is 0 Å². The predicted molar refractivity (Wildman–Crippen MR) is 106 cm³/mol. The summed E-state index contributed by atoms with van der Waals surface area (Å²) in [6.45, 7) is 10.3. The monoisotopic (exact) mass is 362 g/mol. The van der Waals surface area contributed by atoms with E-state index in [2.05, 4.69) is 6.92 Å². The van der Waals surface area contributed by atoms with Crippen LogP contribution in [0.25, 0.3) is 0 Å². The molecule has 5 nitrogen and oxygen atoms in total. The van der Waals surface area contributed by atoms with E-state index in [0.717, 1.165) is 63.7 Å². The molecule has 0 unspecified atom stereocenters. The molecule has 0 aromatic carbocycles. The summed E-state index contributed by atoms with van der Waals surface area (Å²) < 4.78 is 0. The van der Waals surface area contributed by atoms with Crippen molar-refractivity contribution in [3.63, 3.8) is 0 Å². The Hall–Kier alpha value is -1.36. The second-order valence-electron chi connectivity index (χ2n) is 4.90. The Kier molecular flexibility index (Phi) is 79.5. The van der Waals surface area contributed by atoms with E-state index in [1.807, 2.05) is 27.7 Å². The first kappa shape index (κ1) is 34.9. The molecule has 0 aromatic rings. The van der Waals surface area contributed by atoms with Crippen LogP contribution in [0.15, 0.2) is 0 Å². The smallest absolute Gasteiger partial charge is 0.119 e. The van der Waals surface area contributed by atoms with Gasteiger partial charge in [0.15, 0.2) is 0 Å². The van der Waals surface area contributed by atoms with Gasteiger partial charge in [0.1, 0.15) is 25.1 Å². The Labute approximate surface area is 155 Å². The van der Waals surface area contributed by atoms with Gasteiger partial charge in [-0.3, -0.25) is 0 Å². The molecule has 152 valence electrons. The van der Waals surface area contributed by atoms with Gasteiger partial charge in [-0.1, -0.05) is 41.0 Å². The van der Waals surface area contributed by atoms with Gasteiger partial charge in [0.05, 0.1) is 0 Å². The van der Waals surface area contributed by atoms with E-state index in [9.17, 15) is 19.2 Å². The summed E-state index contributed by atoms with van der Waals surface area (Å²) in [5, 5.41) is 8.07. The van der Waals surface area contributed by atoms with Crippen LogP contribution >= 0.6 is 0 Å². The Bertz CT molecular complexity index is 176. The van der Waals surface area contributed by atoms with Gasteiger partial charge in [0.2, 0.25) is 0 Å². The summed E-state index contributed by atoms with van der Waals surface area (Å²) in [4.78, 5) is 37.6. The maximum atomic E-state index is 9.40. The first-order valence-electron chi connectivity index (χ1n) is 9.43. The standard InChI is InChI=1S/C4H10O.4C4H8O/c5*1-2-3-4-5/h5H,2-4H2,1H3;4*4H,2-3H2,1H3. The molecule has 0 bridgehead atoms. The third-order valence-electron chi connectivity index (χ3n) is 2.14. The molecule has 0 spiro atoms. The van der Waals surface area contributed by atoms with Crippen LogP contribution in [0.5, 0.6) is 0 Å². The van der Waals surface area contributed by atoms with Crippen LogP contribution in [0.4, 0.5) is 0 Å². The van der Waals surface area contributed by atoms with Crippen LogP contribution in [-0.2, 0) is 19.2 Å². The number of carbonyl (C=O) groups excluding carboxylic acids is 4. The highest BCUT2D eigenvalue weighted by atomic mass is 16.3. The van der Waals surface area contributed by atoms with Crippen LogP contribution in [0.2, 0.25) is 0 Å². The molecule has 0 aliphatic rings. The van der Waals surface area contributed by atoms with Crippen molar-refractivity contribution in [1.82, 2.24) is 0 Å². The number of hydrogen-bond acceptors (Lipinski definition) is 5. The SMILES string of the molecule is CCCC=O.CCCC=O.CCCC=O.CCCC=O.CCCCO. The number of aliphatic hydroxyl groups is 1. The Morgan fingerprint density at radius 1 is 0.520 bits per heavy atom. The molecule has 0 saturated heterocycles. The topological polar surface area (TPSA) is 88.5 Å². The Balaban J connectivity index is -0.0000000667. The van der Waals surface area contributed by atoms with Gasteiger partial charge in [0, 0.05) is 32.3 Å². The molecule has 0 atom stereocenters. The third-order valence-corrected chi connectivity index (χ3v) is 2.14. The van der Waals surface area contributed by atoms with Crippen molar-refractivity contribution in [1.29, 1.82) is 0 Å². The minimum atomic E-state index is 0.344. The molecule has 0 aliphatic carbocycles. The van der Waals surface area contributed by atoms with E-state index in [0.29, 0.717) is 32.3 Å². The average molecular weight is 363 g/mol. The van der Waals surface area contributed by atoms with Gasteiger partial charge in [0.25, 0.3) is 0 Å². The summed E-state index contributed by atoms with van der Waals surface area (Å²) in [7, 11) is 0. The highest BCUT2D eigenvalue weighted by molar-refractivity contribution is 5.49. The van der Waals surface area contributed by atoms with Gasteiger partial charge in [-0.25, -0.2) is 0 Å². The van der Waals surface area contributed by atoms with Crippen molar-refractivity contribution < 1.29 is 24.3 Å². The van der Waals surface area contributed by atoms with Crippen LogP contribution in [0.1, 0.15) is 98.8 Å². The van der Waals surface area contributed by atoms with Crippen molar-refractivity contribution in [3.05, 3.63) is 0 Å². The summed E-state index contributed by atoms with van der Waals surface area (Å²) in [5.41, 5.74) is 0. The maximum Gasteiger partial charge on any atom is 0.119 e. The van der Waals surface area contributed by atoms with Gasteiger partial charge in [-0.15, -0.1) is 0 Å². The zero-order valence-corrected chi connectivity index (χ0v) is 17.2. The number of hydrogen-bond donors (Lipinski definition) is 1. The Morgan fingerprint density at radius 2 is 0.760 bits per heavy atom. The summed E-state index contributed by atoms with van der Waals surface area (Å²) in [6, 6.07) is 0. The van der Waals surface area contributed by atoms with E-state index in [1.165, 1.54) is 0 Å². The van der Waals surface area contributed by atoms with E-state index >= 15 is 0 Å². The van der Waals surface area contributed by atoms with Gasteiger partial charge < -0.3 is 24.3 Å². The lowest BCUT2D eigenvalue weighted by Crippen LogP contribution is -1.75. The quantitative estimate of drug-likeness (QED) is 0.568. The van der Waals surface area contributed by atoms with Crippen LogP contribution in [-0.4, -0.2) is 36.9 Å². The number of rotatable bonds is 10. The average Bonchev–Trinajstić information content (AvgIpc) is 2.61. The molecule has 0 radical (unpaired) electrons. The molecule has 0 amide bonds. The largest absolute Gasteiger partial charge is 0.396 e. The second kappa shape index (κ2) is 57.0. The normalized spacial score (nSPS) is 7.60. The first-order valence-corrected chi connectivity index (χ1v) is 9.43. The van der Waals surface area contributed by atoms with E-state index in [1.54, 1.807) is 0 Å². The molecule has 0 fully saturated rings. The lowest BCUT2D eigenvalue weighted by Gasteiger charge is -1.79. The van der Waals surface area contributed by atoms with Crippen molar-refractivity contribution in [2.45, 2.75) is 98.8 Å². The van der Waals surface area contributed by atoms with E-state index < -0.39 is 0 Å². The zero-order chi connectivity index (χ0) is 20.6. The molecule has 5 heteroatoms. The molecule has 25 heavy (non-hydrogen) atoms. The number of carbonyl (C=O) groups is 4. The highest BCUT2D eigenvalue weighted by Gasteiger charge is 1.69. The molecule has 0 heterocycles. The van der Waals surface area contributed by atoms with Gasteiger partial charge in [-0.05, 0) is 32.1 Å². The van der Waals surface area contributed by atoms with Crippen LogP contribution in [0, 0.1) is 0 Å². The summed E-state index contributed by atoms with van der Waals surface area (Å²) >= 11 is 0. The van der Waals surface area contributed by atoms with Gasteiger partial charge in [-0.2, -0.15) is 0 Å². The minimum absolute atomic E-state index is 0.344. The van der Waals surface area contributed by atoms with E-state index in [-0.39, 0.29) is 0 Å². The van der Waals surface area contributed by atoms with Gasteiger partial charge >= 0.3 is 0 Å². The zero-order valence-electron chi connectivity index (χ0n) is 17.2. The first-order chi connectivity index (χ1) is 12.1. The Morgan fingerprint density at radius 3 is 0.760 bits per heavy atom. The van der Waals surface area contributed by atoms with E-state index in [4.69, 9.17) is 5.11 Å². The van der Waals surface area contributed by atoms with Crippen LogP contribution < -0.4 is 0 Å². The minimum Gasteiger partial charge on any atom is -0.396 e. The fourth-order valence-corrected chi connectivity index (χ4v) is 0.630. The highest BCUT2D eigenvalue weighted by Crippen LogP contribution is 1.79.